The first-order valence-corrected chi connectivity index (χ1v) is 8.82. The largest absolute Gasteiger partial charge is 0.481 e. The summed E-state index contributed by atoms with van der Waals surface area (Å²) in [6.07, 6.45) is -1.16. The third-order valence-corrected chi connectivity index (χ3v) is 9.72. The Bertz CT molecular complexity index is 242. The molecule has 0 aliphatic carbocycles. The van der Waals surface area contributed by atoms with Crippen LogP contribution < -0.4 is 0 Å². The van der Waals surface area contributed by atoms with E-state index >= 15 is 0 Å². The van der Waals surface area contributed by atoms with Crippen LogP contribution in [0.15, 0.2) is 0 Å². The molecule has 0 aliphatic rings. The Kier molecular flexibility index (Phi) is 7.10. The van der Waals surface area contributed by atoms with E-state index in [-0.39, 0.29) is 13.0 Å². The molecule has 0 fully saturated rings. The number of carbonyl (C=O) groups is 1. The molecule has 0 aromatic carbocycles. The second-order valence-electron chi connectivity index (χ2n) is 5.88. The topological polar surface area (TPSA) is 66.8 Å². The van der Waals surface area contributed by atoms with Crippen molar-refractivity contribution in [3.63, 3.8) is 0 Å². The van der Waals surface area contributed by atoms with Crippen LogP contribution in [0.2, 0.25) is 16.6 Å². The molecule has 0 spiro atoms. The summed E-state index contributed by atoms with van der Waals surface area (Å²) in [7, 11) is -1.99. The number of hydrogen-bond donors (Lipinski definition) is 2. The number of carboxylic acids is 1. The van der Waals surface area contributed by atoms with Crippen molar-refractivity contribution in [2.75, 3.05) is 6.61 Å². The highest BCUT2D eigenvalue weighted by molar-refractivity contribution is 6.77. The number of carboxylic acid groups (broad SMARTS) is 1. The maximum Gasteiger partial charge on any atom is 0.306 e. The third kappa shape index (κ3) is 4.37. The number of rotatable bonds is 8. The minimum Gasteiger partial charge on any atom is -0.481 e. The van der Waals surface area contributed by atoms with E-state index in [4.69, 9.17) is 9.53 Å². The predicted molar refractivity (Wildman–Crippen MR) is 75.3 cm³/mol. The summed E-state index contributed by atoms with van der Waals surface area (Å²) < 4.78 is 6.10. The fourth-order valence-electron chi connectivity index (χ4n) is 3.00. The quantitative estimate of drug-likeness (QED) is 0.669. The molecule has 0 heterocycles. The molecule has 0 aliphatic heterocycles. The highest BCUT2D eigenvalue weighted by atomic mass is 28.4. The van der Waals surface area contributed by atoms with Crippen molar-refractivity contribution in [1.29, 1.82) is 0 Å². The molecule has 5 heteroatoms. The van der Waals surface area contributed by atoms with E-state index in [1.54, 1.807) is 0 Å². The molecule has 0 radical (unpaired) electrons. The number of hydrogen-bond acceptors (Lipinski definition) is 3. The van der Waals surface area contributed by atoms with Crippen LogP contribution in [0.4, 0.5) is 0 Å². The second kappa shape index (κ2) is 7.26. The smallest absolute Gasteiger partial charge is 0.306 e. The van der Waals surface area contributed by atoms with Crippen LogP contribution in [-0.4, -0.2) is 37.2 Å². The molecule has 108 valence electrons. The van der Waals surface area contributed by atoms with E-state index in [2.05, 4.69) is 41.5 Å². The average molecular weight is 276 g/mol. The van der Waals surface area contributed by atoms with Crippen molar-refractivity contribution in [3.05, 3.63) is 0 Å². The monoisotopic (exact) mass is 276 g/mol. The summed E-state index contributed by atoms with van der Waals surface area (Å²) in [5.41, 5.74) is 1.32. The highest BCUT2D eigenvalue weighted by Gasteiger charge is 2.45. The molecular weight excluding hydrogens is 248 g/mol. The van der Waals surface area contributed by atoms with Gasteiger partial charge in [-0.2, -0.15) is 0 Å². The fourth-order valence-corrected chi connectivity index (χ4v) is 8.48. The summed E-state index contributed by atoms with van der Waals surface area (Å²) in [6.45, 7) is 13.1. The Morgan fingerprint density at radius 3 is 1.72 bits per heavy atom. The van der Waals surface area contributed by atoms with Gasteiger partial charge in [0.25, 0.3) is 0 Å². The molecule has 4 nitrogen and oxygen atoms in total. The van der Waals surface area contributed by atoms with Gasteiger partial charge >= 0.3 is 5.97 Å². The summed E-state index contributed by atoms with van der Waals surface area (Å²) in [5.74, 6) is -0.989. The van der Waals surface area contributed by atoms with Gasteiger partial charge in [0.2, 0.25) is 0 Å². The Labute approximate surface area is 111 Å². The minimum atomic E-state index is -1.99. The SMILES string of the molecule is CC(C)[Si](OCC(O)CC(=O)O)(C(C)C)C(C)C. The number of aliphatic carboxylic acids is 1. The molecule has 0 saturated heterocycles. The summed E-state index contributed by atoms with van der Waals surface area (Å²) >= 11 is 0. The van der Waals surface area contributed by atoms with Crippen LogP contribution in [0.1, 0.15) is 48.0 Å². The second-order valence-corrected chi connectivity index (χ2v) is 11.3. The third-order valence-electron chi connectivity index (χ3n) is 3.64. The Hall–Kier alpha value is -0.393. The number of aliphatic hydroxyl groups is 1. The van der Waals surface area contributed by atoms with E-state index < -0.39 is 20.4 Å². The molecular formula is C13H28O4Si. The minimum absolute atomic E-state index is 0.132. The summed E-state index contributed by atoms with van der Waals surface area (Å²) in [4.78, 5) is 10.5. The molecule has 0 rings (SSSR count). The van der Waals surface area contributed by atoms with Gasteiger partial charge in [-0.05, 0) is 16.6 Å². The zero-order chi connectivity index (χ0) is 14.5. The van der Waals surface area contributed by atoms with Gasteiger partial charge in [-0.3, -0.25) is 4.79 Å². The molecule has 1 atom stereocenters. The molecule has 0 aromatic heterocycles. The average Bonchev–Trinajstić information content (AvgIpc) is 2.15. The van der Waals surface area contributed by atoms with Gasteiger partial charge in [-0.15, -0.1) is 0 Å². The lowest BCUT2D eigenvalue weighted by Gasteiger charge is -2.42. The van der Waals surface area contributed by atoms with Gasteiger partial charge in [0.05, 0.1) is 19.1 Å². The molecule has 0 saturated carbocycles. The molecule has 0 bridgehead atoms. The van der Waals surface area contributed by atoms with E-state index in [1.807, 2.05) is 0 Å². The zero-order valence-electron chi connectivity index (χ0n) is 12.4. The van der Waals surface area contributed by atoms with Crippen LogP contribution in [0.5, 0.6) is 0 Å². The molecule has 1 unspecified atom stereocenters. The number of aliphatic hydroxyl groups excluding tert-OH is 1. The van der Waals surface area contributed by atoms with E-state index in [0.29, 0.717) is 16.6 Å². The molecule has 18 heavy (non-hydrogen) atoms. The van der Waals surface area contributed by atoms with E-state index in [9.17, 15) is 9.90 Å². The van der Waals surface area contributed by atoms with Crippen LogP contribution in [-0.2, 0) is 9.22 Å². The standard InChI is InChI=1S/C13H28O4Si/c1-9(2)18(10(3)4,11(5)6)17-8-12(14)7-13(15)16/h9-12,14H,7-8H2,1-6H3,(H,15,16). The van der Waals surface area contributed by atoms with E-state index in [1.165, 1.54) is 0 Å². The van der Waals surface area contributed by atoms with Crippen molar-refractivity contribution in [3.8, 4) is 0 Å². The van der Waals surface area contributed by atoms with Gasteiger partial charge in [0.1, 0.15) is 0 Å². The first kappa shape index (κ1) is 17.6. The van der Waals surface area contributed by atoms with Crippen LogP contribution in [0.25, 0.3) is 0 Å². The normalized spacial score (nSPS) is 14.6. The van der Waals surface area contributed by atoms with Crippen molar-refractivity contribution in [2.24, 2.45) is 0 Å². The van der Waals surface area contributed by atoms with Gasteiger partial charge < -0.3 is 14.6 Å². The van der Waals surface area contributed by atoms with Gasteiger partial charge in [-0.25, -0.2) is 0 Å². The lowest BCUT2D eigenvalue weighted by atomic mass is 10.3. The maximum atomic E-state index is 10.5. The lowest BCUT2D eigenvalue weighted by Crippen LogP contribution is -2.49. The van der Waals surface area contributed by atoms with Crippen molar-refractivity contribution in [1.82, 2.24) is 0 Å². The van der Waals surface area contributed by atoms with Crippen molar-refractivity contribution >= 4 is 14.3 Å². The lowest BCUT2D eigenvalue weighted by molar-refractivity contribution is -0.139. The Morgan fingerprint density at radius 2 is 1.44 bits per heavy atom. The maximum absolute atomic E-state index is 10.5. The fraction of sp³-hybridized carbons (Fsp3) is 0.923. The first-order chi connectivity index (χ1) is 8.14. The van der Waals surface area contributed by atoms with Crippen LogP contribution >= 0.6 is 0 Å². The van der Waals surface area contributed by atoms with Crippen LogP contribution in [0, 0.1) is 0 Å². The summed E-state index contributed by atoms with van der Waals surface area (Å²) in [5, 5.41) is 18.3. The van der Waals surface area contributed by atoms with Crippen molar-refractivity contribution < 1.29 is 19.4 Å². The van der Waals surface area contributed by atoms with Crippen molar-refractivity contribution in [2.45, 2.75) is 70.7 Å². The van der Waals surface area contributed by atoms with Gasteiger partial charge in [0, 0.05) is 0 Å². The zero-order valence-corrected chi connectivity index (χ0v) is 13.4. The van der Waals surface area contributed by atoms with E-state index in [0.717, 1.165) is 0 Å². The summed E-state index contributed by atoms with van der Waals surface area (Å²) in [6, 6.07) is 0. The molecule has 2 N–H and O–H groups in total. The molecule has 0 amide bonds. The molecule has 0 aromatic rings. The van der Waals surface area contributed by atoms with Gasteiger partial charge in [0.15, 0.2) is 8.32 Å². The highest BCUT2D eigenvalue weighted by Crippen LogP contribution is 2.42. The first-order valence-electron chi connectivity index (χ1n) is 6.68. The van der Waals surface area contributed by atoms with Crippen LogP contribution in [0.3, 0.4) is 0 Å². The Morgan fingerprint density at radius 1 is 1.06 bits per heavy atom. The Balaban J connectivity index is 4.75. The van der Waals surface area contributed by atoms with Gasteiger partial charge in [-0.1, -0.05) is 41.5 Å². The predicted octanol–water partition coefficient (Wildman–Crippen LogP) is 3.01.